The van der Waals surface area contributed by atoms with E-state index in [1.165, 1.54) is 0 Å². The lowest BCUT2D eigenvalue weighted by Crippen LogP contribution is -2.31. The molecule has 5 heteroatoms. The third-order valence-corrected chi connectivity index (χ3v) is 4.00. The molecule has 0 aliphatic rings. The molecule has 2 aromatic rings. The van der Waals surface area contributed by atoms with Gasteiger partial charge in [0.2, 0.25) is 0 Å². The second-order valence-electron chi connectivity index (χ2n) is 6.04. The fourth-order valence-electron chi connectivity index (χ4n) is 2.33. The predicted octanol–water partition coefficient (Wildman–Crippen LogP) is 3.63. The molecule has 0 saturated carbocycles. The van der Waals surface area contributed by atoms with Crippen molar-refractivity contribution in [2.45, 2.75) is 26.9 Å². The number of nitrogens with one attached hydrogen (secondary N) is 2. The Kier molecular flexibility index (Phi) is 6.55. The number of benzene rings is 2. The molecule has 0 aliphatic carbocycles. The van der Waals surface area contributed by atoms with E-state index < -0.39 is 6.10 Å². The molecule has 0 aromatic heterocycles. The van der Waals surface area contributed by atoms with E-state index in [-0.39, 0.29) is 11.8 Å². The summed E-state index contributed by atoms with van der Waals surface area (Å²) in [7, 11) is 0. The highest BCUT2D eigenvalue weighted by atomic mass is 16.5. The number of anilines is 1. The van der Waals surface area contributed by atoms with E-state index in [9.17, 15) is 9.59 Å². The standard InChI is InChI=1S/C21H24N2O3/c1-5-12-22-21(25)18-8-6-7-9-19(18)23-20(24)16(4)26-17-11-10-14(2)15(3)13-17/h5-11,13,16H,1,12H2,2-4H3,(H,22,25)(H,23,24)/t16-/m0/s1. The van der Waals surface area contributed by atoms with Gasteiger partial charge in [-0.05, 0) is 56.2 Å². The van der Waals surface area contributed by atoms with Crippen LogP contribution in [0, 0.1) is 13.8 Å². The smallest absolute Gasteiger partial charge is 0.265 e. The van der Waals surface area contributed by atoms with Gasteiger partial charge in [-0.2, -0.15) is 0 Å². The first-order valence-electron chi connectivity index (χ1n) is 8.45. The van der Waals surface area contributed by atoms with Crippen LogP contribution in [0.3, 0.4) is 0 Å². The molecule has 1 atom stereocenters. The molecule has 0 radical (unpaired) electrons. The van der Waals surface area contributed by atoms with Gasteiger partial charge in [0.1, 0.15) is 5.75 Å². The van der Waals surface area contributed by atoms with Crippen molar-refractivity contribution >= 4 is 17.5 Å². The maximum absolute atomic E-state index is 12.5. The first-order chi connectivity index (χ1) is 12.4. The fraction of sp³-hybridized carbons (Fsp3) is 0.238. The second-order valence-corrected chi connectivity index (χ2v) is 6.04. The van der Waals surface area contributed by atoms with Gasteiger partial charge < -0.3 is 15.4 Å². The van der Waals surface area contributed by atoms with E-state index in [1.807, 2.05) is 32.0 Å². The average Bonchev–Trinajstić information content (AvgIpc) is 2.63. The van der Waals surface area contributed by atoms with Crippen molar-refractivity contribution in [1.82, 2.24) is 5.32 Å². The summed E-state index contributed by atoms with van der Waals surface area (Å²) in [4.78, 5) is 24.7. The van der Waals surface area contributed by atoms with E-state index in [1.54, 1.807) is 37.3 Å². The number of hydrogen-bond acceptors (Lipinski definition) is 3. The highest BCUT2D eigenvalue weighted by Crippen LogP contribution is 2.19. The molecule has 2 aromatic carbocycles. The lowest BCUT2D eigenvalue weighted by atomic mass is 10.1. The molecule has 0 unspecified atom stereocenters. The van der Waals surface area contributed by atoms with Gasteiger partial charge in [0, 0.05) is 6.54 Å². The minimum atomic E-state index is -0.707. The van der Waals surface area contributed by atoms with Crippen molar-refractivity contribution in [2.24, 2.45) is 0 Å². The summed E-state index contributed by atoms with van der Waals surface area (Å²) in [6.07, 6.45) is 0.889. The van der Waals surface area contributed by atoms with Crippen LogP contribution in [-0.2, 0) is 4.79 Å². The number of hydrogen-bond donors (Lipinski definition) is 2. The Labute approximate surface area is 154 Å². The quantitative estimate of drug-likeness (QED) is 0.748. The van der Waals surface area contributed by atoms with Crippen LogP contribution in [-0.4, -0.2) is 24.5 Å². The van der Waals surface area contributed by atoms with Gasteiger partial charge in [-0.3, -0.25) is 9.59 Å². The number of ether oxygens (including phenoxy) is 1. The summed E-state index contributed by atoms with van der Waals surface area (Å²) >= 11 is 0. The summed E-state index contributed by atoms with van der Waals surface area (Å²) in [6.45, 7) is 9.61. The Morgan fingerprint density at radius 3 is 2.58 bits per heavy atom. The van der Waals surface area contributed by atoms with E-state index in [4.69, 9.17) is 4.74 Å². The molecule has 5 nitrogen and oxygen atoms in total. The van der Waals surface area contributed by atoms with Gasteiger partial charge in [0.15, 0.2) is 6.10 Å². The summed E-state index contributed by atoms with van der Waals surface area (Å²) in [5.74, 6) is 0.0310. The first kappa shape index (κ1) is 19.2. The van der Waals surface area contributed by atoms with Gasteiger partial charge in [-0.1, -0.05) is 24.3 Å². The molecule has 0 bridgehead atoms. The molecule has 0 fully saturated rings. The van der Waals surface area contributed by atoms with Crippen LogP contribution >= 0.6 is 0 Å². The minimum Gasteiger partial charge on any atom is -0.481 e. The Bertz CT molecular complexity index is 815. The van der Waals surface area contributed by atoms with Crippen LogP contribution in [0.2, 0.25) is 0 Å². The fourth-order valence-corrected chi connectivity index (χ4v) is 2.33. The zero-order chi connectivity index (χ0) is 19.1. The maximum atomic E-state index is 12.5. The summed E-state index contributed by atoms with van der Waals surface area (Å²) in [5.41, 5.74) is 3.09. The summed E-state index contributed by atoms with van der Waals surface area (Å²) in [5, 5.41) is 5.47. The average molecular weight is 352 g/mol. The monoisotopic (exact) mass is 352 g/mol. The van der Waals surface area contributed by atoms with E-state index >= 15 is 0 Å². The lowest BCUT2D eigenvalue weighted by molar-refractivity contribution is -0.122. The number of aryl methyl sites for hydroxylation is 2. The van der Waals surface area contributed by atoms with Crippen LogP contribution in [0.15, 0.2) is 55.1 Å². The van der Waals surface area contributed by atoms with Crippen molar-refractivity contribution in [3.63, 3.8) is 0 Å². The van der Waals surface area contributed by atoms with Crippen molar-refractivity contribution in [3.05, 3.63) is 71.8 Å². The van der Waals surface area contributed by atoms with E-state index in [0.29, 0.717) is 23.5 Å². The topological polar surface area (TPSA) is 67.4 Å². The van der Waals surface area contributed by atoms with Gasteiger partial charge in [-0.25, -0.2) is 0 Å². The lowest BCUT2D eigenvalue weighted by Gasteiger charge is -2.17. The van der Waals surface area contributed by atoms with E-state index in [2.05, 4.69) is 17.2 Å². The third-order valence-electron chi connectivity index (χ3n) is 4.00. The summed E-state index contributed by atoms with van der Waals surface area (Å²) in [6, 6.07) is 12.5. The molecule has 0 spiro atoms. The third kappa shape index (κ3) is 4.96. The first-order valence-corrected chi connectivity index (χ1v) is 8.45. The highest BCUT2D eigenvalue weighted by molar-refractivity contribution is 6.04. The molecule has 2 amide bonds. The Balaban J connectivity index is 2.07. The van der Waals surface area contributed by atoms with Crippen molar-refractivity contribution in [2.75, 3.05) is 11.9 Å². The zero-order valence-corrected chi connectivity index (χ0v) is 15.3. The maximum Gasteiger partial charge on any atom is 0.265 e. The number of carbonyl (C=O) groups excluding carboxylic acids is 2. The van der Waals surface area contributed by atoms with Crippen LogP contribution in [0.25, 0.3) is 0 Å². The van der Waals surface area contributed by atoms with Crippen molar-refractivity contribution in [3.8, 4) is 5.75 Å². The van der Waals surface area contributed by atoms with Crippen LogP contribution in [0.4, 0.5) is 5.69 Å². The largest absolute Gasteiger partial charge is 0.481 e. The zero-order valence-electron chi connectivity index (χ0n) is 15.3. The Hall–Kier alpha value is -3.08. The normalized spacial score (nSPS) is 11.3. The van der Waals surface area contributed by atoms with Crippen LogP contribution < -0.4 is 15.4 Å². The van der Waals surface area contributed by atoms with Crippen molar-refractivity contribution in [1.29, 1.82) is 0 Å². The minimum absolute atomic E-state index is 0.275. The Morgan fingerprint density at radius 1 is 1.15 bits per heavy atom. The van der Waals surface area contributed by atoms with E-state index in [0.717, 1.165) is 11.1 Å². The highest BCUT2D eigenvalue weighted by Gasteiger charge is 2.18. The number of rotatable bonds is 7. The van der Waals surface area contributed by atoms with Gasteiger partial charge in [-0.15, -0.1) is 6.58 Å². The predicted molar refractivity (Wildman–Crippen MR) is 104 cm³/mol. The number of para-hydroxylation sites is 1. The van der Waals surface area contributed by atoms with Crippen LogP contribution in [0.1, 0.15) is 28.4 Å². The van der Waals surface area contributed by atoms with Gasteiger partial charge in [0.25, 0.3) is 11.8 Å². The molecule has 2 rings (SSSR count). The van der Waals surface area contributed by atoms with Gasteiger partial charge in [0.05, 0.1) is 11.3 Å². The molecule has 136 valence electrons. The molecule has 0 saturated heterocycles. The molecule has 0 heterocycles. The number of carbonyl (C=O) groups is 2. The van der Waals surface area contributed by atoms with Crippen molar-refractivity contribution < 1.29 is 14.3 Å². The summed E-state index contributed by atoms with van der Waals surface area (Å²) < 4.78 is 5.72. The molecule has 0 aliphatic heterocycles. The molecule has 2 N–H and O–H groups in total. The molecule has 26 heavy (non-hydrogen) atoms. The Morgan fingerprint density at radius 2 is 1.88 bits per heavy atom. The van der Waals surface area contributed by atoms with Gasteiger partial charge >= 0.3 is 0 Å². The SMILES string of the molecule is C=CCNC(=O)c1ccccc1NC(=O)[C@H](C)Oc1ccc(C)c(C)c1. The second kappa shape index (κ2) is 8.85. The molecular weight excluding hydrogens is 328 g/mol. The number of amides is 2. The van der Waals surface area contributed by atoms with Crippen LogP contribution in [0.5, 0.6) is 5.75 Å². The molecular formula is C21H24N2O3.